The van der Waals surface area contributed by atoms with E-state index in [1.54, 1.807) is 25.1 Å². The molecular formula is C19H17N3O6. The number of carbonyl (C=O) groups excluding carboxylic acids is 2. The average Bonchev–Trinajstić information content (AvgIpc) is 3.20. The van der Waals surface area contributed by atoms with E-state index in [9.17, 15) is 19.7 Å². The number of para-hydroxylation sites is 1. The lowest BCUT2D eigenvalue weighted by Crippen LogP contribution is -2.45. The summed E-state index contributed by atoms with van der Waals surface area (Å²) in [7, 11) is 0. The zero-order valence-corrected chi connectivity index (χ0v) is 15.0. The third-order valence-corrected chi connectivity index (χ3v) is 4.86. The Morgan fingerprint density at radius 2 is 1.93 bits per heavy atom. The van der Waals surface area contributed by atoms with Crippen molar-refractivity contribution in [2.75, 3.05) is 6.79 Å². The van der Waals surface area contributed by atoms with E-state index in [1.165, 1.54) is 18.2 Å². The SMILES string of the molecule is C[C@]1(Cc2ccc3c(c2)OCO3)NC(=O)N(Cc2ccccc2[N+](=O)[O-])C1=O. The van der Waals surface area contributed by atoms with Gasteiger partial charge in [-0.2, -0.15) is 0 Å². The van der Waals surface area contributed by atoms with Crippen LogP contribution in [0.25, 0.3) is 0 Å². The number of ether oxygens (including phenoxy) is 2. The molecule has 144 valence electrons. The summed E-state index contributed by atoms with van der Waals surface area (Å²) in [6, 6.07) is 10.8. The summed E-state index contributed by atoms with van der Waals surface area (Å²) in [5.41, 5.74) is -0.197. The van der Waals surface area contributed by atoms with Crippen LogP contribution in [0, 0.1) is 10.1 Å². The molecular weight excluding hydrogens is 366 g/mol. The molecule has 2 aromatic rings. The van der Waals surface area contributed by atoms with Crippen molar-refractivity contribution in [3.8, 4) is 11.5 Å². The normalized spacial score (nSPS) is 20.4. The number of nitro groups is 1. The largest absolute Gasteiger partial charge is 0.454 e. The molecule has 0 saturated carbocycles. The predicted octanol–water partition coefficient (Wildman–Crippen LogP) is 2.38. The first kappa shape index (κ1) is 17.8. The number of urea groups is 1. The van der Waals surface area contributed by atoms with Crippen molar-refractivity contribution < 1.29 is 24.0 Å². The number of rotatable bonds is 5. The number of nitrogens with zero attached hydrogens (tertiary/aromatic N) is 2. The molecule has 1 saturated heterocycles. The van der Waals surface area contributed by atoms with E-state index in [0.717, 1.165) is 10.5 Å². The predicted molar refractivity (Wildman–Crippen MR) is 96.9 cm³/mol. The van der Waals surface area contributed by atoms with Crippen LogP contribution in [0.4, 0.5) is 10.5 Å². The summed E-state index contributed by atoms with van der Waals surface area (Å²) in [6.07, 6.45) is 0.252. The number of hydrogen-bond donors (Lipinski definition) is 1. The highest BCUT2D eigenvalue weighted by Crippen LogP contribution is 2.34. The van der Waals surface area contributed by atoms with E-state index in [1.807, 2.05) is 6.07 Å². The van der Waals surface area contributed by atoms with Gasteiger partial charge in [-0.15, -0.1) is 0 Å². The number of nitrogens with one attached hydrogen (secondary N) is 1. The van der Waals surface area contributed by atoms with Gasteiger partial charge in [0.05, 0.1) is 11.5 Å². The van der Waals surface area contributed by atoms with Gasteiger partial charge in [0, 0.05) is 18.1 Å². The zero-order valence-electron chi connectivity index (χ0n) is 15.0. The van der Waals surface area contributed by atoms with Crippen LogP contribution >= 0.6 is 0 Å². The fourth-order valence-electron chi connectivity index (χ4n) is 3.46. The Bertz CT molecular complexity index is 991. The standard InChI is InChI=1S/C19H17N3O6/c1-19(9-12-6-7-15-16(8-12)28-11-27-15)17(23)21(18(24)20-19)10-13-4-2-3-5-14(13)22(25)26/h2-8H,9-11H2,1H3,(H,20,24)/t19-/m1/s1. The van der Waals surface area contributed by atoms with Crippen LogP contribution in [0.3, 0.4) is 0 Å². The molecule has 0 bridgehead atoms. The highest BCUT2D eigenvalue weighted by molar-refractivity contribution is 6.06. The molecule has 0 unspecified atom stereocenters. The molecule has 2 aromatic carbocycles. The molecule has 4 rings (SSSR count). The Labute approximate surface area is 160 Å². The van der Waals surface area contributed by atoms with Gasteiger partial charge in [-0.25, -0.2) is 4.79 Å². The summed E-state index contributed by atoms with van der Waals surface area (Å²) in [6.45, 7) is 1.62. The highest BCUT2D eigenvalue weighted by Gasteiger charge is 2.48. The summed E-state index contributed by atoms with van der Waals surface area (Å²) >= 11 is 0. The Morgan fingerprint density at radius 3 is 2.71 bits per heavy atom. The summed E-state index contributed by atoms with van der Waals surface area (Å²) < 4.78 is 10.6. The van der Waals surface area contributed by atoms with E-state index >= 15 is 0 Å². The Balaban J connectivity index is 1.56. The highest BCUT2D eigenvalue weighted by atomic mass is 16.7. The smallest absolute Gasteiger partial charge is 0.325 e. The third-order valence-electron chi connectivity index (χ3n) is 4.86. The van der Waals surface area contributed by atoms with Crippen LogP contribution in [-0.2, 0) is 17.8 Å². The molecule has 2 heterocycles. The van der Waals surface area contributed by atoms with Crippen molar-refractivity contribution >= 4 is 17.6 Å². The molecule has 9 nitrogen and oxygen atoms in total. The van der Waals surface area contributed by atoms with Crippen LogP contribution in [0.1, 0.15) is 18.1 Å². The lowest BCUT2D eigenvalue weighted by molar-refractivity contribution is -0.385. The Kier molecular flexibility index (Phi) is 4.14. The number of carbonyl (C=O) groups is 2. The van der Waals surface area contributed by atoms with E-state index in [2.05, 4.69) is 5.32 Å². The number of amides is 3. The molecule has 0 spiro atoms. The van der Waals surface area contributed by atoms with Gasteiger partial charge in [0.1, 0.15) is 5.54 Å². The molecule has 2 aliphatic heterocycles. The number of nitro benzene ring substituents is 1. The maximum absolute atomic E-state index is 13.0. The lowest BCUT2D eigenvalue weighted by atomic mass is 9.92. The van der Waals surface area contributed by atoms with Gasteiger partial charge in [0.15, 0.2) is 11.5 Å². The number of benzene rings is 2. The van der Waals surface area contributed by atoms with E-state index in [-0.39, 0.29) is 25.4 Å². The minimum Gasteiger partial charge on any atom is -0.454 e. The molecule has 1 fully saturated rings. The van der Waals surface area contributed by atoms with Crippen LogP contribution in [0.15, 0.2) is 42.5 Å². The third kappa shape index (κ3) is 3.00. The quantitative estimate of drug-likeness (QED) is 0.482. The minimum absolute atomic E-state index is 0.132. The molecule has 0 aliphatic carbocycles. The number of fused-ring (bicyclic) bond motifs is 1. The van der Waals surface area contributed by atoms with Crippen molar-refractivity contribution in [2.24, 2.45) is 0 Å². The molecule has 9 heteroatoms. The van der Waals surface area contributed by atoms with E-state index in [4.69, 9.17) is 9.47 Å². The summed E-state index contributed by atoms with van der Waals surface area (Å²) in [4.78, 5) is 37.1. The van der Waals surface area contributed by atoms with Crippen LogP contribution in [0.2, 0.25) is 0 Å². The van der Waals surface area contributed by atoms with E-state index in [0.29, 0.717) is 17.1 Å². The molecule has 0 aromatic heterocycles. The molecule has 3 amide bonds. The van der Waals surface area contributed by atoms with Crippen LogP contribution < -0.4 is 14.8 Å². The van der Waals surface area contributed by atoms with Crippen LogP contribution in [0.5, 0.6) is 11.5 Å². The lowest BCUT2D eigenvalue weighted by Gasteiger charge is -2.22. The monoisotopic (exact) mass is 383 g/mol. The van der Waals surface area contributed by atoms with Gasteiger partial charge in [-0.05, 0) is 24.6 Å². The molecule has 1 atom stereocenters. The first-order valence-corrected chi connectivity index (χ1v) is 8.62. The van der Waals surface area contributed by atoms with Crippen molar-refractivity contribution in [2.45, 2.75) is 25.4 Å². The maximum atomic E-state index is 13.0. The number of hydrogen-bond acceptors (Lipinski definition) is 6. The molecule has 1 N–H and O–H groups in total. The second kappa shape index (κ2) is 6.52. The van der Waals surface area contributed by atoms with Gasteiger partial charge in [-0.1, -0.05) is 24.3 Å². The van der Waals surface area contributed by atoms with Gasteiger partial charge < -0.3 is 14.8 Å². The number of imide groups is 1. The maximum Gasteiger partial charge on any atom is 0.325 e. The van der Waals surface area contributed by atoms with Crippen molar-refractivity contribution in [3.63, 3.8) is 0 Å². The Morgan fingerprint density at radius 1 is 1.18 bits per heavy atom. The summed E-state index contributed by atoms with van der Waals surface area (Å²) in [5, 5.41) is 13.9. The minimum atomic E-state index is -1.16. The fraction of sp³-hybridized carbons (Fsp3) is 0.263. The van der Waals surface area contributed by atoms with Crippen LogP contribution in [-0.4, -0.2) is 34.1 Å². The molecule has 0 radical (unpaired) electrons. The molecule has 28 heavy (non-hydrogen) atoms. The van der Waals surface area contributed by atoms with Gasteiger partial charge in [0.25, 0.3) is 11.6 Å². The average molecular weight is 383 g/mol. The first-order valence-electron chi connectivity index (χ1n) is 8.62. The van der Waals surface area contributed by atoms with Crippen molar-refractivity contribution in [1.29, 1.82) is 0 Å². The van der Waals surface area contributed by atoms with Gasteiger partial charge in [-0.3, -0.25) is 19.8 Å². The topological polar surface area (TPSA) is 111 Å². The second-order valence-corrected chi connectivity index (χ2v) is 6.90. The zero-order chi connectivity index (χ0) is 19.9. The fourth-order valence-corrected chi connectivity index (χ4v) is 3.46. The van der Waals surface area contributed by atoms with Gasteiger partial charge >= 0.3 is 6.03 Å². The second-order valence-electron chi connectivity index (χ2n) is 6.90. The van der Waals surface area contributed by atoms with Gasteiger partial charge in [0.2, 0.25) is 6.79 Å². The molecule has 2 aliphatic rings. The van der Waals surface area contributed by atoms with E-state index < -0.39 is 22.4 Å². The first-order chi connectivity index (χ1) is 13.4. The van der Waals surface area contributed by atoms with Crippen molar-refractivity contribution in [1.82, 2.24) is 10.2 Å². The summed E-state index contributed by atoms with van der Waals surface area (Å²) in [5.74, 6) is 0.789. The Hall–Kier alpha value is -3.62. The van der Waals surface area contributed by atoms with Crippen molar-refractivity contribution in [3.05, 3.63) is 63.7 Å².